The van der Waals surface area contributed by atoms with Crippen LogP contribution in [0.1, 0.15) is 20.7 Å². The number of rotatable bonds is 4. The lowest BCUT2D eigenvalue weighted by Gasteiger charge is -2.15. The largest absolute Gasteiger partial charge is 0.488 e. The first kappa shape index (κ1) is 13.6. The molecule has 0 spiro atoms. The van der Waals surface area contributed by atoms with E-state index in [9.17, 15) is 9.59 Å². The summed E-state index contributed by atoms with van der Waals surface area (Å²) in [5, 5.41) is 0. The standard InChI is InChI=1S/C17H13NO5/c19-16-11-4-1-2-5-12(11)17(20)18(16)8-9-21-13-6-3-7-14-15(13)23-10-22-14/h1-7H,8-10H2. The van der Waals surface area contributed by atoms with E-state index in [1.54, 1.807) is 42.5 Å². The Morgan fingerprint density at radius 2 is 1.70 bits per heavy atom. The predicted molar refractivity (Wildman–Crippen MR) is 79.9 cm³/mol. The molecular weight excluding hydrogens is 298 g/mol. The third kappa shape index (κ3) is 2.19. The van der Waals surface area contributed by atoms with Crippen molar-refractivity contribution in [2.45, 2.75) is 0 Å². The summed E-state index contributed by atoms with van der Waals surface area (Å²) in [6.45, 7) is 0.524. The summed E-state index contributed by atoms with van der Waals surface area (Å²) < 4.78 is 16.3. The van der Waals surface area contributed by atoms with E-state index in [1.807, 2.05) is 0 Å². The van der Waals surface area contributed by atoms with Crippen LogP contribution in [0.15, 0.2) is 42.5 Å². The van der Waals surface area contributed by atoms with Crippen molar-refractivity contribution in [1.82, 2.24) is 4.90 Å². The van der Waals surface area contributed by atoms with Crippen molar-refractivity contribution >= 4 is 11.8 Å². The fourth-order valence-corrected chi connectivity index (χ4v) is 2.71. The first-order valence-electron chi connectivity index (χ1n) is 7.22. The van der Waals surface area contributed by atoms with Crippen LogP contribution in [0.4, 0.5) is 0 Å². The zero-order valence-corrected chi connectivity index (χ0v) is 12.2. The minimum Gasteiger partial charge on any atom is -0.488 e. The van der Waals surface area contributed by atoms with E-state index in [-0.39, 0.29) is 31.8 Å². The van der Waals surface area contributed by atoms with Gasteiger partial charge in [0, 0.05) is 0 Å². The number of imide groups is 1. The Balaban J connectivity index is 1.44. The Kier molecular flexibility index (Phi) is 3.15. The Bertz CT molecular complexity index is 766. The summed E-state index contributed by atoms with van der Waals surface area (Å²) in [5.41, 5.74) is 0.879. The number of hydrogen-bond acceptors (Lipinski definition) is 5. The maximum Gasteiger partial charge on any atom is 0.261 e. The van der Waals surface area contributed by atoms with Crippen LogP contribution in [-0.2, 0) is 0 Å². The first-order chi connectivity index (χ1) is 11.3. The monoisotopic (exact) mass is 311 g/mol. The topological polar surface area (TPSA) is 65.1 Å². The molecule has 2 aromatic rings. The number of carbonyl (C=O) groups excluding carboxylic acids is 2. The molecule has 4 rings (SSSR count). The van der Waals surface area contributed by atoms with Crippen molar-refractivity contribution in [2.75, 3.05) is 19.9 Å². The molecule has 2 amide bonds. The molecule has 0 fully saturated rings. The second kappa shape index (κ2) is 5.31. The van der Waals surface area contributed by atoms with Gasteiger partial charge in [-0.3, -0.25) is 14.5 Å². The van der Waals surface area contributed by atoms with Crippen LogP contribution in [0.2, 0.25) is 0 Å². The zero-order valence-electron chi connectivity index (χ0n) is 12.2. The van der Waals surface area contributed by atoms with Gasteiger partial charge in [-0.15, -0.1) is 0 Å². The Labute approximate surface area is 132 Å². The first-order valence-corrected chi connectivity index (χ1v) is 7.22. The summed E-state index contributed by atoms with van der Waals surface area (Å²) in [4.78, 5) is 25.7. The number of carbonyl (C=O) groups is 2. The van der Waals surface area contributed by atoms with Crippen molar-refractivity contribution in [2.24, 2.45) is 0 Å². The van der Waals surface area contributed by atoms with E-state index in [4.69, 9.17) is 14.2 Å². The molecule has 6 heteroatoms. The second-order valence-electron chi connectivity index (χ2n) is 5.15. The molecule has 0 saturated heterocycles. The quantitative estimate of drug-likeness (QED) is 0.809. The van der Waals surface area contributed by atoms with Crippen molar-refractivity contribution < 1.29 is 23.8 Å². The summed E-state index contributed by atoms with van der Waals surface area (Å²) in [7, 11) is 0. The molecule has 0 atom stereocenters. The number of amides is 2. The average Bonchev–Trinajstić information content (AvgIpc) is 3.15. The van der Waals surface area contributed by atoms with E-state index < -0.39 is 0 Å². The van der Waals surface area contributed by atoms with Crippen LogP contribution in [0.3, 0.4) is 0 Å². The molecule has 116 valence electrons. The molecule has 0 aromatic heterocycles. The Hall–Kier alpha value is -3.02. The van der Waals surface area contributed by atoms with Crippen molar-refractivity contribution in [3.05, 3.63) is 53.6 Å². The highest BCUT2D eigenvalue weighted by Crippen LogP contribution is 2.40. The number of nitrogens with zero attached hydrogens (tertiary/aromatic N) is 1. The molecule has 0 bridgehead atoms. The number of ether oxygens (including phenoxy) is 3. The molecule has 0 N–H and O–H groups in total. The number of benzene rings is 2. The van der Waals surface area contributed by atoms with E-state index in [0.717, 1.165) is 0 Å². The molecule has 0 aliphatic carbocycles. The maximum absolute atomic E-state index is 12.2. The highest BCUT2D eigenvalue weighted by Gasteiger charge is 2.34. The second-order valence-corrected chi connectivity index (χ2v) is 5.15. The van der Waals surface area contributed by atoms with Gasteiger partial charge in [0.05, 0.1) is 17.7 Å². The maximum atomic E-state index is 12.2. The molecule has 2 aromatic carbocycles. The smallest absolute Gasteiger partial charge is 0.261 e. The average molecular weight is 311 g/mol. The van der Waals surface area contributed by atoms with E-state index in [2.05, 4.69) is 0 Å². The van der Waals surface area contributed by atoms with Crippen LogP contribution in [0.5, 0.6) is 17.2 Å². The SMILES string of the molecule is O=C1c2ccccc2C(=O)N1CCOc1cccc2c1OCO2. The van der Waals surface area contributed by atoms with Gasteiger partial charge in [0.1, 0.15) is 6.61 Å². The third-order valence-electron chi connectivity index (χ3n) is 3.81. The summed E-state index contributed by atoms with van der Waals surface area (Å²) >= 11 is 0. The minimum absolute atomic E-state index is 0.161. The van der Waals surface area contributed by atoms with Gasteiger partial charge >= 0.3 is 0 Å². The van der Waals surface area contributed by atoms with Gasteiger partial charge in [-0.25, -0.2) is 0 Å². The molecule has 0 radical (unpaired) electrons. The molecule has 2 aliphatic heterocycles. The molecule has 0 unspecified atom stereocenters. The van der Waals surface area contributed by atoms with E-state index in [1.165, 1.54) is 4.90 Å². The van der Waals surface area contributed by atoms with Crippen molar-refractivity contribution in [3.8, 4) is 17.2 Å². The highest BCUT2D eigenvalue weighted by atomic mass is 16.7. The third-order valence-corrected chi connectivity index (χ3v) is 3.81. The van der Waals surface area contributed by atoms with Crippen LogP contribution in [0, 0.1) is 0 Å². The predicted octanol–water partition coefficient (Wildman–Crippen LogP) is 2.09. The molecule has 2 heterocycles. The lowest BCUT2D eigenvalue weighted by atomic mass is 10.1. The number of para-hydroxylation sites is 1. The number of fused-ring (bicyclic) bond motifs is 2. The molecular formula is C17H13NO5. The highest BCUT2D eigenvalue weighted by molar-refractivity contribution is 6.21. The van der Waals surface area contributed by atoms with Gasteiger partial charge in [0.15, 0.2) is 11.5 Å². The van der Waals surface area contributed by atoms with Gasteiger partial charge in [0.25, 0.3) is 11.8 Å². The van der Waals surface area contributed by atoms with Crippen LogP contribution in [-0.4, -0.2) is 36.7 Å². The van der Waals surface area contributed by atoms with Gasteiger partial charge in [0.2, 0.25) is 12.5 Å². The van der Waals surface area contributed by atoms with Crippen molar-refractivity contribution in [1.29, 1.82) is 0 Å². The van der Waals surface area contributed by atoms with Crippen LogP contribution >= 0.6 is 0 Å². The molecule has 6 nitrogen and oxygen atoms in total. The summed E-state index contributed by atoms with van der Waals surface area (Å²) in [5.74, 6) is 1.15. The Morgan fingerprint density at radius 3 is 2.43 bits per heavy atom. The van der Waals surface area contributed by atoms with Crippen molar-refractivity contribution in [3.63, 3.8) is 0 Å². The van der Waals surface area contributed by atoms with Gasteiger partial charge < -0.3 is 14.2 Å². The van der Waals surface area contributed by atoms with Gasteiger partial charge in [-0.2, -0.15) is 0 Å². The summed E-state index contributed by atoms with van der Waals surface area (Å²) in [6, 6.07) is 12.2. The molecule has 0 saturated carbocycles. The number of hydrogen-bond donors (Lipinski definition) is 0. The van der Waals surface area contributed by atoms with E-state index >= 15 is 0 Å². The van der Waals surface area contributed by atoms with Gasteiger partial charge in [-0.1, -0.05) is 18.2 Å². The normalized spacial score (nSPS) is 15.0. The zero-order chi connectivity index (χ0) is 15.8. The fourth-order valence-electron chi connectivity index (χ4n) is 2.71. The lowest BCUT2D eigenvalue weighted by molar-refractivity contribution is 0.0630. The minimum atomic E-state index is -0.285. The van der Waals surface area contributed by atoms with Gasteiger partial charge in [-0.05, 0) is 24.3 Å². The lowest BCUT2D eigenvalue weighted by Crippen LogP contribution is -2.33. The molecule has 2 aliphatic rings. The summed E-state index contributed by atoms with van der Waals surface area (Å²) in [6.07, 6.45) is 0. The van der Waals surface area contributed by atoms with E-state index in [0.29, 0.717) is 28.4 Å². The van der Waals surface area contributed by atoms with Crippen LogP contribution in [0.25, 0.3) is 0 Å². The molecule has 23 heavy (non-hydrogen) atoms. The van der Waals surface area contributed by atoms with Crippen LogP contribution < -0.4 is 14.2 Å². The fraction of sp³-hybridized carbons (Fsp3) is 0.176. The Morgan fingerprint density at radius 1 is 0.957 bits per heavy atom.